The maximum absolute atomic E-state index is 12.6. The first-order valence-electron chi connectivity index (χ1n) is 8.86. The van der Waals surface area contributed by atoms with Gasteiger partial charge in [-0.25, -0.2) is 4.79 Å². The molecule has 0 radical (unpaired) electrons. The number of carbonyl (C=O) groups is 2. The Morgan fingerprint density at radius 1 is 1.12 bits per heavy atom. The smallest absolute Gasteiger partial charge is 0.358 e. The largest absolute Gasteiger partial charge is 0.464 e. The highest BCUT2D eigenvalue weighted by Crippen LogP contribution is 2.22. The van der Waals surface area contributed by atoms with Crippen molar-refractivity contribution in [3.8, 4) is 0 Å². The number of carbonyl (C=O) groups excluding carboxylic acids is 2. The number of hydrogen-bond acceptors (Lipinski definition) is 5. The van der Waals surface area contributed by atoms with Crippen molar-refractivity contribution in [3.05, 3.63) is 52.8 Å². The van der Waals surface area contributed by atoms with E-state index in [1.54, 1.807) is 10.7 Å². The number of fused-ring (bicyclic) bond motifs is 2. The molecule has 1 aromatic heterocycles. The van der Waals surface area contributed by atoms with Gasteiger partial charge in [0.1, 0.15) is 0 Å². The molecule has 0 aliphatic carbocycles. The Hall–Kier alpha value is -2.67. The highest BCUT2D eigenvalue weighted by atomic mass is 16.5. The molecular formula is C19H22N4O3. The molecule has 0 saturated carbocycles. The molecule has 0 bridgehead atoms. The highest BCUT2D eigenvalue weighted by Gasteiger charge is 2.25. The minimum atomic E-state index is -0.446. The lowest BCUT2D eigenvalue weighted by Crippen LogP contribution is -2.39. The Balaban J connectivity index is 1.32. The first kappa shape index (κ1) is 16.8. The molecule has 136 valence electrons. The molecule has 1 aromatic carbocycles. The van der Waals surface area contributed by atoms with Gasteiger partial charge in [-0.1, -0.05) is 24.3 Å². The molecule has 0 spiro atoms. The van der Waals surface area contributed by atoms with Crippen molar-refractivity contribution in [2.75, 3.05) is 20.2 Å². The van der Waals surface area contributed by atoms with E-state index in [4.69, 9.17) is 4.74 Å². The van der Waals surface area contributed by atoms with Gasteiger partial charge in [-0.3, -0.25) is 14.4 Å². The molecule has 0 atom stereocenters. The number of benzene rings is 1. The standard InChI is InChI=1S/C19H22N4O3/c1-26-19(25)17-10-16-13-22(8-9-23(16)20-17)18(24)6-7-21-11-14-4-2-3-5-15(14)12-21/h2-5,10H,6-9,11-13H2,1H3. The third kappa shape index (κ3) is 3.22. The molecular weight excluding hydrogens is 332 g/mol. The summed E-state index contributed by atoms with van der Waals surface area (Å²) in [7, 11) is 1.34. The molecule has 0 N–H and O–H groups in total. The summed E-state index contributed by atoms with van der Waals surface area (Å²) in [5.74, 6) is -0.300. The number of methoxy groups -OCH3 is 1. The fourth-order valence-electron chi connectivity index (χ4n) is 3.66. The second kappa shape index (κ2) is 6.92. The number of aromatic nitrogens is 2. The summed E-state index contributed by atoms with van der Waals surface area (Å²) in [6, 6.07) is 10.1. The average Bonchev–Trinajstić information content (AvgIpc) is 3.28. The van der Waals surface area contributed by atoms with Crippen LogP contribution in [0.1, 0.15) is 33.7 Å². The Morgan fingerprint density at radius 3 is 2.54 bits per heavy atom. The molecule has 7 heteroatoms. The fourth-order valence-corrected chi connectivity index (χ4v) is 3.66. The molecule has 0 saturated heterocycles. The van der Waals surface area contributed by atoms with Crippen molar-refractivity contribution in [1.29, 1.82) is 0 Å². The van der Waals surface area contributed by atoms with Gasteiger partial charge in [-0.15, -0.1) is 0 Å². The maximum Gasteiger partial charge on any atom is 0.358 e. The van der Waals surface area contributed by atoms with Gasteiger partial charge in [0.2, 0.25) is 5.91 Å². The third-order valence-corrected chi connectivity index (χ3v) is 5.09. The van der Waals surface area contributed by atoms with Crippen molar-refractivity contribution in [3.63, 3.8) is 0 Å². The van der Waals surface area contributed by atoms with E-state index in [0.29, 0.717) is 31.7 Å². The van der Waals surface area contributed by atoms with E-state index in [-0.39, 0.29) is 5.91 Å². The van der Waals surface area contributed by atoms with E-state index in [9.17, 15) is 9.59 Å². The van der Waals surface area contributed by atoms with Gasteiger partial charge in [0.05, 0.1) is 25.9 Å². The SMILES string of the molecule is COC(=O)c1cc2n(n1)CCN(C(=O)CCN1Cc3ccccc3C1)C2. The zero-order valence-electron chi connectivity index (χ0n) is 14.9. The normalized spacial score (nSPS) is 16.3. The summed E-state index contributed by atoms with van der Waals surface area (Å²) in [5.41, 5.74) is 3.89. The average molecular weight is 354 g/mol. The second-order valence-electron chi connectivity index (χ2n) is 6.78. The van der Waals surface area contributed by atoms with E-state index >= 15 is 0 Å². The fraction of sp³-hybridized carbons (Fsp3) is 0.421. The van der Waals surface area contributed by atoms with E-state index in [1.165, 1.54) is 18.2 Å². The molecule has 0 fully saturated rings. The number of ether oxygens (including phenoxy) is 1. The van der Waals surface area contributed by atoms with E-state index in [0.717, 1.165) is 25.3 Å². The van der Waals surface area contributed by atoms with Crippen molar-refractivity contribution < 1.29 is 14.3 Å². The number of nitrogens with zero attached hydrogens (tertiary/aromatic N) is 4. The molecule has 2 aliphatic rings. The predicted octanol–water partition coefficient (Wildman–Crippen LogP) is 1.42. The van der Waals surface area contributed by atoms with Gasteiger partial charge in [0.25, 0.3) is 0 Å². The van der Waals surface area contributed by atoms with Gasteiger partial charge in [0, 0.05) is 32.6 Å². The van der Waals surface area contributed by atoms with Gasteiger partial charge in [-0.05, 0) is 17.2 Å². The molecule has 2 aromatic rings. The summed E-state index contributed by atoms with van der Waals surface area (Å²) >= 11 is 0. The first-order valence-corrected chi connectivity index (χ1v) is 8.86. The van der Waals surface area contributed by atoms with Crippen LogP contribution in [0.4, 0.5) is 0 Å². The second-order valence-corrected chi connectivity index (χ2v) is 6.78. The van der Waals surface area contributed by atoms with Crippen molar-refractivity contribution in [1.82, 2.24) is 19.6 Å². The van der Waals surface area contributed by atoms with Crippen LogP contribution in [-0.2, 0) is 35.7 Å². The van der Waals surface area contributed by atoms with Crippen LogP contribution in [0.3, 0.4) is 0 Å². The van der Waals surface area contributed by atoms with Gasteiger partial charge in [0.15, 0.2) is 5.69 Å². The van der Waals surface area contributed by atoms with Gasteiger partial charge < -0.3 is 9.64 Å². The van der Waals surface area contributed by atoms with Gasteiger partial charge >= 0.3 is 5.97 Å². The van der Waals surface area contributed by atoms with Crippen LogP contribution in [0.15, 0.2) is 30.3 Å². The topological polar surface area (TPSA) is 67.7 Å². The van der Waals surface area contributed by atoms with Crippen LogP contribution in [0.25, 0.3) is 0 Å². The van der Waals surface area contributed by atoms with Gasteiger partial charge in [-0.2, -0.15) is 5.10 Å². The lowest BCUT2D eigenvalue weighted by Gasteiger charge is -2.28. The van der Waals surface area contributed by atoms with Crippen LogP contribution >= 0.6 is 0 Å². The maximum atomic E-state index is 12.6. The molecule has 7 nitrogen and oxygen atoms in total. The molecule has 1 amide bonds. The monoisotopic (exact) mass is 354 g/mol. The van der Waals surface area contributed by atoms with Crippen LogP contribution in [-0.4, -0.2) is 51.7 Å². The van der Waals surface area contributed by atoms with Crippen LogP contribution in [0.2, 0.25) is 0 Å². The Labute approximate surface area is 152 Å². The van der Waals surface area contributed by atoms with E-state index < -0.39 is 5.97 Å². The first-order chi connectivity index (χ1) is 12.6. The van der Waals surface area contributed by atoms with Crippen molar-refractivity contribution in [2.45, 2.75) is 32.6 Å². The summed E-state index contributed by atoms with van der Waals surface area (Å²) < 4.78 is 6.49. The summed E-state index contributed by atoms with van der Waals surface area (Å²) in [4.78, 5) is 28.4. The number of amides is 1. The number of hydrogen-bond donors (Lipinski definition) is 0. The lowest BCUT2D eigenvalue weighted by molar-refractivity contribution is -0.133. The van der Waals surface area contributed by atoms with E-state index in [2.05, 4.69) is 34.3 Å². The minimum absolute atomic E-state index is 0.146. The van der Waals surface area contributed by atoms with Crippen LogP contribution < -0.4 is 0 Å². The molecule has 4 rings (SSSR count). The van der Waals surface area contributed by atoms with Crippen molar-refractivity contribution in [2.24, 2.45) is 0 Å². The summed E-state index contributed by atoms with van der Waals surface area (Å²) in [6.45, 7) is 4.30. The Morgan fingerprint density at radius 2 is 1.85 bits per heavy atom. The zero-order chi connectivity index (χ0) is 18.1. The summed E-state index contributed by atoms with van der Waals surface area (Å²) in [6.07, 6.45) is 0.506. The lowest BCUT2D eigenvalue weighted by atomic mass is 10.1. The Bertz CT molecular complexity index is 820. The molecule has 3 heterocycles. The van der Waals surface area contributed by atoms with Crippen LogP contribution in [0, 0.1) is 0 Å². The Kier molecular flexibility index (Phi) is 4.46. The quantitative estimate of drug-likeness (QED) is 0.777. The van der Waals surface area contributed by atoms with Crippen molar-refractivity contribution >= 4 is 11.9 Å². The number of esters is 1. The van der Waals surface area contributed by atoms with Crippen LogP contribution in [0.5, 0.6) is 0 Å². The molecule has 0 unspecified atom stereocenters. The molecule has 2 aliphatic heterocycles. The predicted molar refractivity (Wildman–Crippen MR) is 94.2 cm³/mol. The zero-order valence-corrected chi connectivity index (χ0v) is 14.9. The minimum Gasteiger partial charge on any atom is -0.464 e. The number of rotatable bonds is 4. The molecule has 26 heavy (non-hydrogen) atoms. The highest BCUT2D eigenvalue weighted by molar-refractivity contribution is 5.87. The third-order valence-electron chi connectivity index (χ3n) is 5.09. The summed E-state index contributed by atoms with van der Waals surface area (Å²) in [5, 5.41) is 4.24. The van der Waals surface area contributed by atoms with E-state index in [1.807, 2.05) is 4.90 Å².